The summed E-state index contributed by atoms with van der Waals surface area (Å²) >= 11 is 1.35. The molecule has 34 heavy (non-hydrogen) atoms. The highest BCUT2D eigenvalue weighted by atomic mass is 32.2. The number of carbonyl (C=O) groups excluding carboxylic acids is 2. The molecule has 4 rings (SSSR count). The molecule has 1 fully saturated rings. The first-order chi connectivity index (χ1) is 16.5. The van der Waals surface area contributed by atoms with Gasteiger partial charge in [-0.15, -0.1) is 10.2 Å². The number of carbonyl (C=O) groups is 2. The van der Waals surface area contributed by atoms with Crippen molar-refractivity contribution in [3.05, 3.63) is 60.7 Å². The molecule has 1 atom stereocenters. The molecule has 3 aromatic rings. The Morgan fingerprint density at radius 1 is 1.03 bits per heavy atom. The fourth-order valence-corrected chi connectivity index (χ4v) is 5.13. The monoisotopic (exact) mass is 477 g/mol. The van der Waals surface area contributed by atoms with Crippen molar-refractivity contribution in [1.29, 1.82) is 0 Å². The zero-order valence-electron chi connectivity index (χ0n) is 19.7. The number of rotatable bonds is 8. The summed E-state index contributed by atoms with van der Waals surface area (Å²) in [6.45, 7) is 1.84. The summed E-state index contributed by atoms with van der Waals surface area (Å²) in [7, 11) is 1.90. The fourth-order valence-electron chi connectivity index (χ4n) is 4.25. The van der Waals surface area contributed by atoms with Gasteiger partial charge in [0.25, 0.3) is 0 Å². The summed E-state index contributed by atoms with van der Waals surface area (Å²) in [5.74, 6) is 0.486. The number of amides is 2. The molecule has 0 radical (unpaired) electrons. The molecule has 1 heterocycles. The summed E-state index contributed by atoms with van der Waals surface area (Å²) in [5, 5.41) is 12.0. The van der Waals surface area contributed by atoms with E-state index in [0.717, 1.165) is 37.1 Å². The molecule has 1 unspecified atom stereocenters. The lowest BCUT2D eigenvalue weighted by molar-refractivity contribution is -0.124. The van der Waals surface area contributed by atoms with Crippen molar-refractivity contribution >= 4 is 29.3 Å². The van der Waals surface area contributed by atoms with Crippen LogP contribution in [0.5, 0.6) is 0 Å². The lowest BCUT2D eigenvalue weighted by atomic mass is 9.95. The van der Waals surface area contributed by atoms with Gasteiger partial charge in [0.1, 0.15) is 6.54 Å². The molecule has 2 amide bonds. The Labute approximate surface area is 205 Å². The van der Waals surface area contributed by atoms with Crippen LogP contribution < -0.4 is 10.2 Å². The molecule has 7 nitrogen and oxygen atoms in total. The second-order valence-electron chi connectivity index (χ2n) is 8.65. The normalized spacial score (nSPS) is 15.0. The Morgan fingerprint density at radius 3 is 2.35 bits per heavy atom. The van der Waals surface area contributed by atoms with Gasteiger partial charge >= 0.3 is 0 Å². The van der Waals surface area contributed by atoms with E-state index in [-0.39, 0.29) is 24.4 Å². The molecule has 8 heteroatoms. The molecular formula is C26H31N5O2S. The standard InChI is InChI=1S/C26H31N5O2S/c1-19(34-26-29-28-24(30(26)2)20-12-6-3-7-13-20)25(33)31(22-16-10-5-11-17-22)18-23(32)27-21-14-8-4-9-15-21/h3,5-7,10-13,16-17,19,21H,4,8-9,14-15,18H2,1-2H3,(H,27,32). The Balaban J connectivity index is 1.47. The van der Waals surface area contributed by atoms with Crippen molar-refractivity contribution < 1.29 is 9.59 Å². The number of nitrogens with zero attached hydrogens (tertiary/aromatic N) is 4. The molecule has 0 bridgehead atoms. The third-order valence-corrected chi connectivity index (χ3v) is 7.22. The Hall–Kier alpha value is -3.13. The van der Waals surface area contributed by atoms with Gasteiger partial charge in [0.2, 0.25) is 11.8 Å². The first kappa shape index (κ1) is 24.0. The number of benzene rings is 2. The molecule has 1 aliphatic rings. The number of anilines is 1. The van der Waals surface area contributed by atoms with Crippen molar-refractivity contribution in [1.82, 2.24) is 20.1 Å². The van der Waals surface area contributed by atoms with Gasteiger partial charge in [0.05, 0.1) is 5.25 Å². The highest BCUT2D eigenvalue weighted by Crippen LogP contribution is 2.28. The maximum absolute atomic E-state index is 13.5. The minimum atomic E-state index is -0.450. The third kappa shape index (κ3) is 5.86. The van der Waals surface area contributed by atoms with Gasteiger partial charge in [-0.25, -0.2) is 0 Å². The van der Waals surface area contributed by atoms with Crippen LogP contribution in [0.25, 0.3) is 11.4 Å². The van der Waals surface area contributed by atoms with Crippen LogP contribution in [0.2, 0.25) is 0 Å². The lowest BCUT2D eigenvalue weighted by Crippen LogP contribution is -2.46. The highest BCUT2D eigenvalue weighted by molar-refractivity contribution is 8.00. The van der Waals surface area contributed by atoms with E-state index >= 15 is 0 Å². The molecule has 2 aromatic carbocycles. The van der Waals surface area contributed by atoms with Crippen molar-refractivity contribution in [2.75, 3.05) is 11.4 Å². The van der Waals surface area contributed by atoms with Gasteiger partial charge in [-0.2, -0.15) is 0 Å². The smallest absolute Gasteiger partial charge is 0.240 e. The van der Waals surface area contributed by atoms with Crippen LogP contribution in [0.1, 0.15) is 39.0 Å². The molecule has 1 aliphatic carbocycles. The predicted octanol–water partition coefficient (Wildman–Crippen LogP) is 4.44. The van der Waals surface area contributed by atoms with Crippen LogP contribution in [-0.4, -0.2) is 44.4 Å². The van der Waals surface area contributed by atoms with E-state index in [1.165, 1.54) is 18.2 Å². The molecule has 1 N–H and O–H groups in total. The maximum atomic E-state index is 13.5. The average molecular weight is 478 g/mol. The van der Waals surface area contributed by atoms with E-state index in [1.54, 1.807) is 4.90 Å². The van der Waals surface area contributed by atoms with Gasteiger partial charge < -0.3 is 14.8 Å². The topological polar surface area (TPSA) is 80.1 Å². The van der Waals surface area contributed by atoms with Gasteiger partial charge in [0, 0.05) is 24.3 Å². The van der Waals surface area contributed by atoms with Crippen molar-refractivity contribution in [3.63, 3.8) is 0 Å². The first-order valence-electron chi connectivity index (χ1n) is 11.8. The minimum Gasteiger partial charge on any atom is -0.352 e. The number of hydrogen-bond acceptors (Lipinski definition) is 5. The highest BCUT2D eigenvalue weighted by Gasteiger charge is 2.27. The summed E-state index contributed by atoms with van der Waals surface area (Å²) in [6, 6.07) is 19.4. The first-order valence-corrected chi connectivity index (χ1v) is 12.7. The van der Waals surface area contributed by atoms with Gasteiger partial charge in [-0.1, -0.05) is 79.6 Å². The fraction of sp³-hybridized carbons (Fsp3) is 0.385. The molecule has 178 valence electrons. The van der Waals surface area contributed by atoms with Crippen molar-refractivity contribution in [2.45, 2.75) is 55.5 Å². The van der Waals surface area contributed by atoms with Crippen LogP contribution in [0.15, 0.2) is 65.8 Å². The second-order valence-corrected chi connectivity index (χ2v) is 9.96. The molecule has 0 spiro atoms. The predicted molar refractivity (Wildman–Crippen MR) is 136 cm³/mol. The molecule has 0 saturated heterocycles. The molecule has 1 aromatic heterocycles. The van der Waals surface area contributed by atoms with E-state index in [2.05, 4.69) is 15.5 Å². The number of aromatic nitrogens is 3. The maximum Gasteiger partial charge on any atom is 0.240 e. The molecular weight excluding hydrogens is 446 g/mol. The SMILES string of the molecule is CC(Sc1nnc(-c2ccccc2)n1C)C(=O)N(CC(=O)NC1CCCCC1)c1ccccc1. The summed E-state index contributed by atoms with van der Waals surface area (Å²) in [6.07, 6.45) is 5.52. The molecule has 1 saturated carbocycles. The zero-order valence-corrected chi connectivity index (χ0v) is 20.5. The van der Waals surface area contributed by atoms with Crippen LogP contribution in [-0.2, 0) is 16.6 Å². The Morgan fingerprint density at radius 2 is 1.68 bits per heavy atom. The third-order valence-electron chi connectivity index (χ3n) is 6.10. The average Bonchev–Trinajstić information content (AvgIpc) is 3.23. The summed E-state index contributed by atoms with van der Waals surface area (Å²) in [5.41, 5.74) is 1.68. The molecule has 0 aliphatic heterocycles. The van der Waals surface area contributed by atoms with Crippen LogP contribution in [0.4, 0.5) is 5.69 Å². The number of thioether (sulfide) groups is 1. The van der Waals surface area contributed by atoms with E-state index < -0.39 is 5.25 Å². The van der Waals surface area contributed by atoms with Gasteiger partial charge in [-0.05, 0) is 31.9 Å². The zero-order chi connectivity index (χ0) is 23.9. The van der Waals surface area contributed by atoms with Crippen LogP contribution in [0, 0.1) is 0 Å². The van der Waals surface area contributed by atoms with E-state index in [4.69, 9.17) is 0 Å². The second kappa shape index (κ2) is 11.3. The summed E-state index contributed by atoms with van der Waals surface area (Å²) < 4.78 is 1.90. The van der Waals surface area contributed by atoms with Gasteiger partial charge in [0.15, 0.2) is 11.0 Å². The van der Waals surface area contributed by atoms with Crippen molar-refractivity contribution in [2.24, 2.45) is 7.05 Å². The van der Waals surface area contributed by atoms with E-state index in [1.807, 2.05) is 79.2 Å². The Kier molecular flexibility index (Phi) is 8.00. The minimum absolute atomic E-state index is 0.00166. The number of nitrogens with one attached hydrogen (secondary N) is 1. The van der Waals surface area contributed by atoms with Crippen LogP contribution in [0.3, 0.4) is 0 Å². The van der Waals surface area contributed by atoms with Crippen molar-refractivity contribution in [3.8, 4) is 11.4 Å². The van der Waals surface area contributed by atoms with E-state index in [9.17, 15) is 9.59 Å². The lowest BCUT2D eigenvalue weighted by Gasteiger charge is -2.27. The van der Waals surface area contributed by atoms with E-state index in [0.29, 0.717) is 10.8 Å². The van der Waals surface area contributed by atoms with Crippen LogP contribution >= 0.6 is 11.8 Å². The van der Waals surface area contributed by atoms with Gasteiger partial charge in [-0.3, -0.25) is 9.59 Å². The quantitative estimate of drug-likeness (QED) is 0.485. The largest absolute Gasteiger partial charge is 0.352 e. The Bertz CT molecular complexity index is 1100. The number of para-hydroxylation sites is 1. The summed E-state index contributed by atoms with van der Waals surface area (Å²) in [4.78, 5) is 28.0. The number of hydrogen-bond donors (Lipinski definition) is 1.